The Hall–Kier alpha value is -1.89. The van der Waals surface area contributed by atoms with E-state index in [1.807, 2.05) is 24.3 Å². The highest BCUT2D eigenvalue weighted by molar-refractivity contribution is 9.10. The summed E-state index contributed by atoms with van der Waals surface area (Å²) in [5.74, 6) is 0.612. The van der Waals surface area contributed by atoms with Crippen LogP contribution in [0.25, 0.3) is 0 Å². The Labute approximate surface area is 161 Å². The maximum absolute atomic E-state index is 12.4. The highest BCUT2D eigenvalue weighted by atomic mass is 79.9. The number of fused-ring (bicyclic) bond motifs is 1. The fourth-order valence-corrected chi connectivity index (χ4v) is 3.51. The van der Waals surface area contributed by atoms with Crippen molar-refractivity contribution in [2.75, 3.05) is 6.54 Å². The van der Waals surface area contributed by atoms with Crippen LogP contribution in [0.5, 0.6) is 0 Å². The minimum absolute atomic E-state index is 0.0325. The summed E-state index contributed by atoms with van der Waals surface area (Å²) in [6.45, 7) is 5.33. The van der Waals surface area contributed by atoms with Gasteiger partial charge in [0.05, 0.1) is 0 Å². The van der Waals surface area contributed by atoms with Gasteiger partial charge in [0.15, 0.2) is 0 Å². The Morgan fingerprint density at radius 2 is 1.96 bits per heavy atom. The average Bonchev–Trinajstić information content (AvgIpc) is 2.77. The second-order valence-electron chi connectivity index (χ2n) is 7.49. The molecule has 1 N–H and O–H groups in total. The number of benzene rings is 1. The molecule has 0 unspecified atom stereocenters. The third-order valence-corrected chi connectivity index (χ3v) is 5.46. The summed E-state index contributed by atoms with van der Waals surface area (Å²) in [5.41, 5.74) is 0.767. The number of carbonyl (C=O) groups excluding carboxylic acids is 1. The van der Waals surface area contributed by atoms with Crippen LogP contribution in [0.3, 0.4) is 0 Å². The van der Waals surface area contributed by atoms with Crippen molar-refractivity contribution in [1.82, 2.24) is 19.7 Å². The Morgan fingerprint density at radius 3 is 2.69 bits per heavy atom. The van der Waals surface area contributed by atoms with Crippen LogP contribution in [0.2, 0.25) is 0 Å². The van der Waals surface area contributed by atoms with Gasteiger partial charge in [0, 0.05) is 29.4 Å². The molecule has 140 valence electrons. The van der Waals surface area contributed by atoms with Gasteiger partial charge >= 0.3 is 5.69 Å². The molecule has 1 aliphatic heterocycles. The minimum atomic E-state index is -0.202. The number of aryl methyl sites for hydroxylation is 1. The van der Waals surface area contributed by atoms with E-state index in [0.29, 0.717) is 13.1 Å². The molecule has 26 heavy (non-hydrogen) atoms. The van der Waals surface area contributed by atoms with Gasteiger partial charge in [0.25, 0.3) is 0 Å². The third-order valence-electron chi connectivity index (χ3n) is 4.93. The smallest absolute Gasteiger partial charge is 0.346 e. The summed E-state index contributed by atoms with van der Waals surface area (Å²) in [6, 6.07) is 8.09. The molecule has 1 aromatic heterocycles. The Kier molecular flexibility index (Phi) is 5.65. The Balaban J connectivity index is 1.62. The number of nitrogens with zero attached hydrogens (tertiary/aromatic N) is 3. The molecule has 0 saturated carbocycles. The van der Waals surface area contributed by atoms with Crippen LogP contribution in [0.4, 0.5) is 0 Å². The first-order valence-electron chi connectivity index (χ1n) is 9.06. The molecule has 0 radical (unpaired) electrons. The summed E-state index contributed by atoms with van der Waals surface area (Å²) >= 11 is 3.44. The lowest BCUT2D eigenvalue weighted by Crippen LogP contribution is -2.40. The summed E-state index contributed by atoms with van der Waals surface area (Å²) < 4.78 is 4.04. The molecular formula is C19H25BrN4O2. The molecular weight excluding hydrogens is 396 g/mol. The minimum Gasteiger partial charge on any atom is -0.354 e. The lowest BCUT2D eigenvalue weighted by Gasteiger charge is -2.25. The summed E-state index contributed by atoms with van der Waals surface area (Å²) in [7, 11) is 0. The van der Waals surface area contributed by atoms with Crippen LogP contribution in [0.15, 0.2) is 33.5 Å². The highest BCUT2D eigenvalue weighted by Crippen LogP contribution is 2.24. The van der Waals surface area contributed by atoms with E-state index in [-0.39, 0.29) is 23.6 Å². The zero-order valence-corrected chi connectivity index (χ0v) is 16.9. The van der Waals surface area contributed by atoms with Gasteiger partial charge in [-0.15, -0.1) is 0 Å². The Morgan fingerprint density at radius 1 is 1.23 bits per heavy atom. The second-order valence-corrected chi connectivity index (χ2v) is 8.40. The molecule has 0 spiro atoms. The fraction of sp³-hybridized carbons (Fsp3) is 0.526. The van der Waals surface area contributed by atoms with E-state index in [9.17, 15) is 9.59 Å². The van der Waals surface area contributed by atoms with E-state index in [1.165, 1.54) is 4.68 Å². The normalized spacial score (nSPS) is 14.6. The lowest BCUT2D eigenvalue weighted by atomic mass is 9.84. The lowest BCUT2D eigenvalue weighted by molar-refractivity contribution is -0.122. The largest absolute Gasteiger partial charge is 0.354 e. The molecule has 0 fully saturated rings. The molecule has 7 heteroatoms. The monoisotopic (exact) mass is 420 g/mol. The van der Waals surface area contributed by atoms with Gasteiger partial charge in [-0.3, -0.25) is 9.36 Å². The van der Waals surface area contributed by atoms with Crippen molar-refractivity contribution in [3.8, 4) is 0 Å². The van der Waals surface area contributed by atoms with Crippen molar-refractivity contribution < 1.29 is 4.79 Å². The van der Waals surface area contributed by atoms with Gasteiger partial charge in [-0.05, 0) is 30.5 Å². The van der Waals surface area contributed by atoms with Crippen LogP contribution in [0, 0.1) is 0 Å². The second kappa shape index (κ2) is 7.78. The van der Waals surface area contributed by atoms with Gasteiger partial charge in [-0.25, -0.2) is 9.48 Å². The number of nitrogens with one attached hydrogen (secondary N) is 1. The van der Waals surface area contributed by atoms with E-state index < -0.39 is 0 Å². The maximum Gasteiger partial charge on any atom is 0.346 e. The first-order chi connectivity index (χ1) is 12.4. The third kappa shape index (κ3) is 4.26. The molecule has 2 aromatic rings. The van der Waals surface area contributed by atoms with Crippen molar-refractivity contribution >= 4 is 21.8 Å². The molecule has 1 aromatic carbocycles. The fourth-order valence-electron chi connectivity index (χ4n) is 3.24. The van der Waals surface area contributed by atoms with Crippen molar-refractivity contribution in [1.29, 1.82) is 0 Å². The molecule has 0 bridgehead atoms. The van der Waals surface area contributed by atoms with Gasteiger partial charge in [-0.2, -0.15) is 5.10 Å². The summed E-state index contributed by atoms with van der Waals surface area (Å²) in [5, 5.41) is 7.31. The molecule has 6 nitrogen and oxygen atoms in total. The van der Waals surface area contributed by atoms with E-state index in [1.54, 1.807) is 4.57 Å². The van der Waals surface area contributed by atoms with Crippen LogP contribution in [-0.2, 0) is 29.7 Å². The van der Waals surface area contributed by atoms with Crippen molar-refractivity contribution in [2.45, 2.75) is 58.0 Å². The number of hydrogen-bond donors (Lipinski definition) is 1. The number of aromatic nitrogens is 3. The van der Waals surface area contributed by atoms with E-state index >= 15 is 0 Å². The van der Waals surface area contributed by atoms with Crippen molar-refractivity contribution in [2.24, 2.45) is 0 Å². The molecule has 2 heterocycles. The number of amides is 1. The van der Waals surface area contributed by atoms with Gasteiger partial charge in [0.2, 0.25) is 5.91 Å². The maximum atomic E-state index is 12.4. The summed E-state index contributed by atoms with van der Waals surface area (Å²) in [4.78, 5) is 24.8. The number of halogens is 1. The van der Waals surface area contributed by atoms with Crippen LogP contribution < -0.4 is 11.0 Å². The molecule has 0 aliphatic carbocycles. The van der Waals surface area contributed by atoms with Crippen LogP contribution in [0.1, 0.15) is 44.5 Å². The molecule has 1 amide bonds. The number of hydrogen-bond acceptors (Lipinski definition) is 3. The van der Waals surface area contributed by atoms with Gasteiger partial charge < -0.3 is 5.32 Å². The molecule has 3 rings (SSSR count). The molecule has 0 saturated heterocycles. The van der Waals surface area contributed by atoms with E-state index in [4.69, 9.17) is 0 Å². The quantitative estimate of drug-likeness (QED) is 0.807. The zero-order valence-electron chi connectivity index (χ0n) is 15.3. The molecule has 1 aliphatic rings. The van der Waals surface area contributed by atoms with E-state index in [2.05, 4.69) is 40.2 Å². The molecule has 0 atom stereocenters. The van der Waals surface area contributed by atoms with Gasteiger partial charge in [0.1, 0.15) is 12.4 Å². The standard InChI is InChI=1S/C19H25BrN4O2/c1-19(2,14-7-9-15(20)10-8-14)13-21-17(25)12-24-18(26)23-11-5-3-4-6-16(23)22-24/h7-10H,3-6,11-13H2,1-2H3,(H,21,25). The van der Waals surface area contributed by atoms with Crippen LogP contribution >= 0.6 is 15.9 Å². The SMILES string of the molecule is CC(C)(CNC(=O)Cn1nc2n(c1=O)CCCCC2)c1ccc(Br)cc1. The number of rotatable bonds is 5. The zero-order chi connectivity index (χ0) is 18.7. The highest BCUT2D eigenvalue weighted by Gasteiger charge is 2.22. The topological polar surface area (TPSA) is 68.9 Å². The first-order valence-corrected chi connectivity index (χ1v) is 9.85. The predicted octanol–water partition coefficient (Wildman–Crippen LogP) is 2.63. The summed E-state index contributed by atoms with van der Waals surface area (Å²) in [6.07, 6.45) is 3.96. The average molecular weight is 421 g/mol. The Bertz CT molecular complexity index is 836. The van der Waals surface area contributed by atoms with Crippen LogP contribution in [-0.4, -0.2) is 26.8 Å². The first kappa shape index (κ1) is 18.9. The van der Waals surface area contributed by atoms with Gasteiger partial charge in [-0.1, -0.05) is 48.3 Å². The predicted molar refractivity (Wildman–Crippen MR) is 104 cm³/mol. The number of carbonyl (C=O) groups is 1. The van der Waals surface area contributed by atoms with E-state index in [0.717, 1.165) is 41.5 Å². The van der Waals surface area contributed by atoms with Crippen molar-refractivity contribution in [3.63, 3.8) is 0 Å². The van der Waals surface area contributed by atoms with Crippen molar-refractivity contribution in [3.05, 3.63) is 50.6 Å².